The zero-order valence-electron chi connectivity index (χ0n) is 10.2. The van der Waals surface area contributed by atoms with Gasteiger partial charge in [0.1, 0.15) is 11.6 Å². The Kier molecular flexibility index (Phi) is 3.77. The molecule has 0 atom stereocenters. The minimum atomic E-state index is -0.411. The first-order valence-corrected chi connectivity index (χ1v) is 5.92. The third kappa shape index (κ3) is 2.96. The van der Waals surface area contributed by atoms with Crippen molar-refractivity contribution in [2.75, 3.05) is 5.32 Å². The van der Waals surface area contributed by atoms with E-state index in [0.29, 0.717) is 12.4 Å². The van der Waals surface area contributed by atoms with E-state index in [0.717, 1.165) is 17.0 Å². The van der Waals surface area contributed by atoms with Crippen LogP contribution in [0.3, 0.4) is 0 Å². The zero-order chi connectivity index (χ0) is 13.1. The van der Waals surface area contributed by atoms with Crippen LogP contribution >= 0.6 is 11.6 Å². The van der Waals surface area contributed by atoms with Crippen molar-refractivity contribution in [3.8, 4) is 0 Å². The number of nitrogens with one attached hydrogen (secondary N) is 1. The summed E-state index contributed by atoms with van der Waals surface area (Å²) < 4.78 is 13.0. The van der Waals surface area contributed by atoms with Crippen LogP contribution in [0.5, 0.6) is 0 Å². The van der Waals surface area contributed by atoms with Gasteiger partial charge in [0.2, 0.25) is 0 Å². The highest BCUT2D eigenvalue weighted by molar-refractivity contribution is 6.30. The van der Waals surface area contributed by atoms with E-state index in [2.05, 4.69) is 15.3 Å². The molecule has 0 saturated heterocycles. The second kappa shape index (κ2) is 5.31. The molecule has 1 heterocycles. The minimum absolute atomic E-state index is 0.125. The molecule has 0 saturated carbocycles. The van der Waals surface area contributed by atoms with E-state index >= 15 is 0 Å². The van der Waals surface area contributed by atoms with Crippen LogP contribution in [0, 0.1) is 19.7 Å². The minimum Gasteiger partial charge on any atom is -0.365 e. The Bertz CT molecular complexity index is 521. The number of rotatable bonds is 3. The van der Waals surface area contributed by atoms with Gasteiger partial charge in [-0.05, 0) is 31.5 Å². The van der Waals surface area contributed by atoms with Gasteiger partial charge in [0, 0.05) is 6.54 Å². The van der Waals surface area contributed by atoms with Crippen LogP contribution in [0.2, 0.25) is 5.02 Å². The van der Waals surface area contributed by atoms with Gasteiger partial charge in [-0.15, -0.1) is 0 Å². The second-order valence-corrected chi connectivity index (χ2v) is 4.44. The van der Waals surface area contributed by atoms with E-state index in [9.17, 15) is 4.39 Å². The molecule has 0 radical (unpaired) electrons. The molecule has 1 N–H and O–H groups in total. The first kappa shape index (κ1) is 12.8. The molecular weight excluding hydrogens is 253 g/mol. The standard InChI is InChI=1S/C13H13ClFN3/c1-8-9(2)18-13(7-16-8)17-6-10-3-4-12(15)11(14)5-10/h3-5,7H,6H2,1-2H3,(H,17,18). The maximum atomic E-state index is 13.0. The lowest BCUT2D eigenvalue weighted by molar-refractivity contribution is 0.627. The van der Waals surface area contributed by atoms with Crippen LogP contribution in [0.15, 0.2) is 24.4 Å². The molecule has 0 aliphatic rings. The molecule has 0 spiro atoms. The molecule has 1 aromatic carbocycles. The molecule has 0 aliphatic carbocycles. The fourth-order valence-corrected chi connectivity index (χ4v) is 1.67. The molecular formula is C13H13ClFN3. The predicted octanol–water partition coefficient (Wildman–Crippen LogP) is 3.50. The molecule has 18 heavy (non-hydrogen) atoms. The Hall–Kier alpha value is -1.68. The summed E-state index contributed by atoms with van der Waals surface area (Å²) in [6.07, 6.45) is 1.67. The number of nitrogens with zero attached hydrogens (tertiary/aromatic N) is 2. The highest BCUT2D eigenvalue weighted by atomic mass is 35.5. The molecule has 0 aliphatic heterocycles. The second-order valence-electron chi connectivity index (χ2n) is 4.03. The van der Waals surface area contributed by atoms with Gasteiger partial charge in [-0.1, -0.05) is 17.7 Å². The Morgan fingerprint density at radius 2 is 2.06 bits per heavy atom. The SMILES string of the molecule is Cc1ncc(NCc2ccc(F)c(Cl)c2)nc1C. The number of aryl methyl sites for hydroxylation is 2. The first-order chi connectivity index (χ1) is 8.56. The number of aromatic nitrogens is 2. The average Bonchev–Trinajstić information content (AvgIpc) is 2.35. The van der Waals surface area contributed by atoms with E-state index in [-0.39, 0.29) is 5.02 Å². The highest BCUT2D eigenvalue weighted by Gasteiger charge is 2.02. The fraction of sp³-hybridized carbons (Fsp3) is 0.231. The zero-order valence-corrected chi connectivity index (χ0v) is 10.9. The van der Waals surface area contributed by atoms with Crippen LogP contribution in [0.4, 0.5) is 10.2 Å². The highest BCUT2D eigenvalue weighted by Crippen LogP contribution is 2.16. The Morgan fingerprint density at radius 3 is 2.72 bits per heavy atom. The molecule has 0 bridgehead atoms. The van der Waals surface area contributed by atoms with Crippen molar-refractivity contribution in [1.29, 1.82) is 0 Å². The number of anilines is 1. The van der Waals surface area contributed by atoms with Crippen LogP contribution in [-0.4, -0.2) is 9.97 Å². The van der Waals surface area contributed by atoms with Crippen molar-refractivity contribution in [3.63, 3.8) is 0 Å². The van der Waals surface area contributed by atoms with Crippen molar-refractivity contribution < 1.29 is 4.39 Å². The number of benzene rings is 1. The predicted molar refractivity (Wildman–Crippen MR) is 70.2 cm³/mol. The molecule has 94 valence electrons. The summed E-state index contributed by atoms with van der Waals surface area (Å²) in [5.41, 5.74) is 2.68. The lowest BCUT2D eigenvalue weighted by atomic mass is 10.2. The van der Waals surface area contributed by atoms with Crippen LogP contribution in [0.1, 0.15) is 17.0 Å². The molecule has 0 fully saturated rings. The largest absolute Gasteiger partial charge is 0.365 e. The third-order valence-corrected chi connectivity index (χ3v) is 2.94. The van der Waals surface area contributed by atoms with Crippen molar-refractivity contribution in [3.05, 3.63) is 52.2 Å². The lowest BCUT2D eigenvalue weighted by Gasteiger charge is -2.07. The molecule has 0 amide bonds. The number of hydrogen-bond acceptors (Lipinski definition) is 3. The van der Waals surface area contributed by atoms with Crippen LogP contribution in [0.25, 0.3) is 0 Å². The van der Waals surface area contributed by atoms with E-state index in [4.69, 9.17) is 11.6 Å². The Balaban J connectivity index is 2.06. The fourth-order valence-electron chi connectivity index (χ4n) is 1.47. The summed E-state index contributed by atoms with van der Waals surface area (Å²) in [6, 6.07) is 4.63. The van der Waals surface area contributed by atoms with Gasteiger partial charge in [0.05, 0.1) is 22.6 Å². The van der Waals surface area contributed by atoms with E-state index in [1.807, 2.05) is 13.8 Å². The molecule has 2 rings (SSSR count). The smallest absolute Gasteiger partial charge is 0.145 e. The summed E-state index contributed by atoms with van der Waals surface area (Å²) >= 11 is 5.71. The van der Waals surface area contributed by atoms with Crippen LogP contribution < -0.4 is 5.32 Å². The lowest BCUT2D eigenvalue weighted by Crippen LogP contribution is -2.04. The molecule has 3 nitrogen and oxygen atoms in total. The number of hydrogen-bond donors (Lipinski definition) is 1. The summed E-state index contributed by atoms with van der Waals surface area (Å²) in [4.78, 5) is 8.56. The van der Waals surface area contributed by atoms with E-state index in [1.54, 1.807) is 18.3 Å². The summed E-state index contributed by atoms with van der Waals surface area (Å²) in [6.45, 7) is 4.34. The van der Waals surface area contributed by atoms with Gasteiger partial charge in [0.15, 0.2) is 0 Å². The quantitative estimate of drug-likeness (QED) is 0.923. The van der Waals surface area contributed by atoms with Gasteiger partial charge in [-0.2, -0.15) is 0 Å². The van der Waals surface area contributed by atoms with Gasteiger partial charge in [0.25, 0.3) is 0 Å². The van der Waals surface area contributed by atoms with Crippen molar-refractivity contribution in [2.45, 2.75) is 20.4 Å². The van der Waals surface area contributed by atoms with E-state index in [1.165, 1.54) is 6.07 Å². The van der Waals surface area contributed by atoms with Gasteiger partial charge >= 0.3 is 0 Å². The summed E-state index contributed by atoms with van der Waals surface area (Å²) in [5, 5.41) is 3.25. The molecule has 2 aromatic rings. The number of halogens is 2. The monoisotopic (exact) mass is 265 g/mol. The average molecular weight is 266 g/mol. The molecule has 1 aromatic heterocycles. The summed E-state index contributed by atoms with van der Waals surface area (Å²) in [5.74, 6) is 0.282. The molecule has 0 unspecified atom stereocenters. The van der Waals surface area contributed by atoms with Crippen molar-refractivity contribution in [1.82, 2.24) is 9.97 Å². The van der Waals surface area contributed by atoms with Gasteiger partial charge in [-0.25, -0.2) is 9.37 Å². The first-order valence-electron chi connectivity index (χ1n) is 5.54. The normalized spacial score (nSPS) is 10.4. The topological polar surface area (TPSA) is 37.8 Å². The van der Waals surface area contributed by atoms with Crippen LogP contribution in [-0.2, 0) is 6.54 Å². The van der Waals surface area contributed by atoms with Crippen molar-refractivity contribution in [2.24, 2.45) is 0 Å². The maximum Gasteiger partial charge on any atom is 0.145 e. The van der Waals surface area contributed by atoms with Gasteiger partial charge in [-0.3, -0.25) is 4.98 Å². The van der Waals surface area contributed by atoms with Crippen molar-refractivity contribution >= 4 is 17.4 Å². The third-order valence-electron chi connectivity index (χ3n) is 2.65. The Labute approximate surface area is 110 Å². The summed E-state index contributed by atoms with van der Waals surface area (Å²) in [7, 11) is 0. The molecule has 5 heteroatoms. The maximum absolute atomic E-state index is 13.0. The van der Waals surface area contributed by atoms with E-state index < -0.39 is 5.82 Å². The Morgan fingerprint density at radius 1 is 1.28 bits per heavy atom. The van der Waals surface area contributed by atoms with Gasteiger partial charge < -0.3 is 5.32 Å².